The summed E-state index contributed by atoms with van der Waals surface area (Å²) in [6.07, 6.45) is 0. The average Bonchev–Trinajstić information content (AvgIpc) is 2.54. The van der Waals surface area contributed by atoms with E-state index in [0.717, 1.165) is 0 Å². The van der Waals surface area contributed by atoms with E-state index in [0.29, 0.717) is 0 Å². The number of halogens is 6. The lowest BCUT2D eigenvalue weighted by Gasteiger charge is -2.33. The van der Waals surface area contributed by atoms with Gasteiger partial charge in [-0.2, -0.15) is 4.21 Å². The highest BCUT2D eigenvalue weighted by Crippen LogP contribution is 2.76. The minimum Gasteiger partial charge on any atom is -0.268 e. The largest absolute Gasteiger partial charge is 0.304 e. The second-order valence-corrected chi connectivity index (χ2v) is 8.77. The lowest BCUT2D eigenvalue weighted by Crippen LogP contribution is -2.45. The molecule has 5 atom stereocenters. The van der Waals surface area contributed by atoms with Crippen molar-refractivity contribution in [1.29, 1.82) is 0 Å². The highest BCUT2D eigenvalue weighted by atomic mass is 35.5. The molecule has 0 aromatic rings. The molecule has 3 rings (SSSR count). The maximum atomic E-state index is 11.3. The van der Waals surface area contributed by atoms with Gasteiger partial charge >= 0.3 is 11.4 Å². The van der Waals surface area contributed by atoms with Crippen molar-refractivity contribution in [3.8, 4) is 0 Å². The SMILES string of the molecule is O=S1OCC2C(CO1)[C@@]1(Cl)C(Cl)=C(Cl)C2(Cl)C1(Cl)Cl. The summed E-state index contributed by atoms with van der Waals surface area (Å²) in [6.45, 7) is 0.0215. The summed E-state index contributed by atoms with van der Waals surface area (Å²) in [7, 11) is 0. The van der Waals surface area contributed by atoms with E-state index in [9.17, 15) is 4.21 Å². The van der Waals surface area contributed by atoms with Gasteiger partial charge in [-0.3, -0.25) is 8.37 Å². The van der Waals surface area contributed by atoms with Crippen molar-refractivity contribution >= 4 is 81.0 Å². The lowest BCUT2D eigenvalue weighted by molar-refractivity contribution is 0.207. The summed E-state index contributed by atoms with van der Waals surface area (Å²) in [6, 6.07) is 0. The highest BCUT2D eigenvalue weighted by Gasteiger charge is 2.82. The minimum absolute atomic E-state index is 0.0107. The van der Waals surface area contributed by atoms with E-state index in [1.807, 2.05) is 0 Å². The van der Waals surface area contributed by atoms with Gasteiger partial charge in [-0.15, -0.1) is 23.2 Å². The van der Waals surface area contributed by atoms with E-state index in [4.69, 9.17) is 78.0 Å². The second kappa shape index (κ2) is 4.53. The standard InChI is InChI=1S/C9H6Cl6O3S/c10-5-6(11)8(13)4-2-18-19(16)17-1-3(4)7(5,12)9(8,14)15/h3-4H,1-2H2/t3?,4?,7-,8?,19?/m1/s1. The number of rotatable bonds is 0. The summed E-state index contributed by atoms with van der Waals surface area (Å²) in [5, 5.41) is 0.210. The lowest BCUT2D eigenvalue weighted by atomic mass is 9.83. The molecular weight excluding hydrogens is 401 g/mol. The van der Waals surface area contributed by atoms with Crippen LogP contribution in [-0.4, -0.2) is 31.5 Å². The van der Waals surface area contributed by atoms with Gasteiger partial charge in [0.1, 0.15) is 9.75 Å². The highest BCUT2D eigenvalue weighted by molar-refractivity contribution is 7.75. The van der Waals surface area contributed by atoms with Crippen LogP contribution >= 0.6 is 69.6 Å². The molecule has 108 valence electrons. The molecule has 0 amide bonds. The molecule has 3 nitrogen and oxygen atoms in total. The van der Waals surface area contributed by atoms with Crippen LogP contribution in [0.15, 0.2) is 10.1 Å². The third kappa shape index (κ3) is 1.59. The Morgan fingerprint density at radius 3 is 1.68 bits per heavy atom. The van der Waals surface area contributed by atoms with Crippen LogP contribution in [0.1, 0.15) is 0 Å². The van der Waals surface area contributed by atoms with Gasteiger partial charge in [0.05, 0.1) is 23.3 Å². The summed E-state index contributed by atoms with van der Waals surface area (Å²) in [4.78, 5) is -2.78. The molecule has 0 spiro atoms. The molecule has 2 fully saturated rings. The van der Waals surface area contributed by atoms with Crippen molar-refractivity contribution in [3.63, 3.8) is 0 Å². The van der Waals surface area contributed by atoms with Crippen LogP contribution < -0.4 is 0 Å². The fourth-order valence-corrected chi connectivity index (χ4v) is 6.60. The van der Waals surface area contributed by atoms with Crippen LogP contribution in [-0.2, 0) is 19.7 Å². The number of fused-ring (bicyclic) bond motifs is 5. The van der Waals surface area contributed by atoms with E-state index in [-0.39, 0.29) is 23.3 Å². The molecule has 1 heterocycles. The molecular formula is C9H6Cl6O3S. The Morgan fingerprint density at radius 2 is 1.32 bits per heavy atom. The van der Waals surface area contributed by atoms with Gasteiger partial charge < -0.3 is 0 Å². The van der Waals surface area contributed by atoms with Crippen molar-refractivity contribution in [1.82, 2.24) is 0 Å². The van der Waals surface area contributed by atoms with Gasteiger partial charge in [0, 0.05) is 11.8 Å². The number of alkyl halides is 4. The fourth-order valence-electron chi connectivity index (χ4n) is 2.96. The Morgan fingerprint density at radius 1 is 0.947 bits per heavy atom. The first-order valence-electron chi connectivity index (χ1n) is 5.19. The Hall–Kier alpha value is 1.55. The van der Waals surface area contributed by atoms with Crippen LogP contribution in [0.4, 0.5) is 0 Å². The van der Waals surface area contributed by atoms with Gasteiger partial charge in [0.15, 0.2) is 4.33 Å². The Labute approximate surface area is 142 Å². The summed E-state index contributed by atoms with van der Waals surface area (Å²) < 4.78 is 19.7. The zero-order chi connectivity index (χ0) is 14.2. The van der Waals surface area contributed by atoms with E-state index >= 15 is 0 Å². The van der Waals surface area contributed by atoms with Gasteiger partial charge in [0.2, 0.25) is 0 Å². The van der Waals surface area contributed by atoms with Crippen molar-refractivity contribution in [2.45, 2.75) is 14.1 Å². The first kappa shape index (κ1) is 15.4. The van der Waals surface area contributed by atoms with E-state index in [2.05, 4.69) is 0 Å². The van der Waals surface area contributed by atoms with Gasteiger partial charge in [-0.25, -0.2) is 0 Å². The van der Waals surface area contributed by atoms with Crippen LogP contribution in [0.3, 0.4) is 0 Å². The molecule has 4 unspecified atom stereocenters. The molecule has 3 aliphatic rings. The monoisotopic (exact) mass is 404 g/mol. The third-order valence-electron chi connectivity index (χ3n) is 3.94. The van der Waals surface area contributed by atoms with Crippen molar-refractivity contribution in [2.75, 3.05) is 13.2 Å². The topological polar surface area (TPSA) is 35.5 Å². The van der Waals surface area contributed by atoms with E-state index in [1.165, 1.54) is 0 Å². The first-order chi connectivity index (χ1) is 8.69. The molecule has 0 N–H and O–H groups in total. The molecule has 0 aromatic heterocycles. The molecule has 1 aliphatic heterocycles. The number of hydrogen-bond donors (Lipinski definition) is 0. The van der Waals surface area contributed by atoms with Gasteiger partial charge in [-0.1, -0.05) is 46.4 Å². The predicted octanol–water partition coefficient (Wildman–Crippen LogP) is 3.69. The average molecular weight is 407 g/mol. The Balaban J connectivity index is 2.19. The van der Waals surface area contributed by atoms with Crippen LogP contribution in [0.25, 0.3) is 0 Å². The number of hydrogen-bond acceptors (Lipinski definition) is 3. The van der Waals surface area contributed by atoms with Crippen LogP contribution in [0, 0.1) is 11.8 Å². The minimum atomic E-state index is -1.86. The van der Waals surface area contributed by atoms with Gasteiger partial charge in [0.25, 0.3) is 0 Å². The van der Waals surface area contributed by atoms with Crippen molar-refractivity contribution in [3.05, 3.63) is 10.1 Å². The maximum Gasteiger partial charge on any atom is 0.304 e. The summed E-state index contributed by atoms with van der Waals surface area (Å²) in [5.41, 5.74) is 0. The Bertz CT molecular complexity index is 470. The van der Waals surface area contributed by atoms with Crippen molar-refractivity contribution in [2.24, 2.45) is 11.8 Å². The maximum absolute atomic E-state index is 11.3. The zero-order valence-electron chi connectivity index (χ0n) is 8.97. The van der Waals surface area contributed by atoms with E-state index < -0.39 is 37.3 Å². The fraction of sp³-hybridized carbons (Fsp3) is 0.778. The molecule has 19 heavy (non-hydrogen) atoms. The first-order valence-corrected chi connectivity index (χ1v) is 8.46. The van der Waals surface area contributed by atoms with Crippen molar-refractivity contribution < 1.29 is 12.6 Å². The molecule has 1 saturated carbocycles. The molecule has 0 aromatic carbocycles. The second-order valence-electron chi connectivity index (χ2n) is 4.61. The molecule has 0 radical (unpaired) electrons. The summed E-state index contributed by atoms with van der Waals surface area (Å²) in [5.74, 6) is -0.911. The normalized spacial score (nSPS) is 52.2. The van der Waals surface area contributed by atoms with Crippen LogP contribution in [0.2, 0.25) is 0 Å². The van der Waals surface area contributed by atoms with Gasteiger partial charge in [-0.05, 0) is 0 Å². The molecule has 2 bridgehead atoms. The Kier molecular flexibility index (Phi) is 3.68. The number of allylic oxidation sites excluding steroid dienone is 2. The molecule has 2 aliphatic carbocycles. The molecule has 10 heteroatoms. The quantitative estimate of drug-likeness (QED) is 0.575. The van der Waals surface area contributed by atoms with Crippen LogP contribution in [0.5, 0.6) is 0 Å². The third-order valence-corrected chi connectivity index (χ3v) is 8.95. The van der Waals surface area contributed by atoms with E-state index in [1.54, 1.807) is 0 Å². The molecule has 1 saturated heterocycles. The predicted molar refractivity (Wildman–Crippen MR) is 77.4 cm³/mol. The zero-order valence-corrected chi connectivity index (χ0v) is 14.3. The summed E-state index contributed by atoms with van der Waals surface area (Å²) >= 11 is 36.4. The smallest absolute Gasteiger partial charge is 0.268 e.